The van der Waals surface area contributed by atoms with Crippen LogP contribution in [0.5, 0.6) is 0 Å². The SMILES string of the molecule is O=S(=O)(c1ccc2nc(S(=O)(=O)C(Cl)(Cl)Cl)[nH]c2c1)C(Cl)(Cl)Cl. The minimum Gasteiger partial charge on any atom is -0.329 e. The van der Waals surface area contributed by atoms with Gasteiger partial charge >= 0.3 is 0 Å². The number of aromatic nitrogens is 2. The molecule has 0 saturated carbocycles. The maximum Gasteiger partial charge on any atom is 0.300 e. The van der Waals surface area contributed by atoms with Gasteiger partial charge in [0.2, 0.25) is 15.0 Å². The summed E-state index contributed by atoms with van der Waals surface area (Å²) in [5.74, 6) is 0. The number of hydrogen-bond acceptors (Lipinski definition) is 5. The van der Waals surface area contributed by atoms with E-state index in [0.29, 0.717) is 0 Å². The van der Waals surface area contributed by atoms with Crippen molar-refractivity contribution in [2.75, 3.05) is 0 Å². The van der Waals surface area contributed by atoms with Crippen molar-refractivity contribution in [3.05, 3.63) is 18.2 Å². The summed E-state index contributed by atoms with van der Waals surface area (Å²) in [5.41, 5.74) is 0.147. The molecule has 1 N–H and O–H groups in total. The summed E-state index contributed by atoms with van der Waals surface area (Å²) in [6, 6.07) is 3.37. The van der Waals surface area contributed by atoms with Crippen LogP contribution in [0.4, 0.5) is 0 Å². The number of hydrogen-bond donors (Lipinski definition) is 1. The first-order valence-corrected chi connectivity index (χ1v) is 10.5. The second kappa shape index (κ2) is 5.95. The third kappa shape index (κ3) is 3.50. The van der Waals surface area contributed by atoms with Gasteiger partial charge in [-0.3, -0.25) is 0 Å². The molecule has 0 aliphatic heterocycles. The van der Waals surface area contributed by atoms with Crippen LogP contribution in [0, 0.1) is 0 Å². The lowest BCUT2D eigenvalue weighted by Gasteiger charge is -2.11. The van der Waals surface area contributed by atoms with Crippen molar-refractivity contribution in [1.82, 2.24) is 9.97 Å². The van der Waals surface area contributed by atoms with Crippen molar-refractivity contribution >= 4 is 100 Å². The molecule has 0 fully saturated rings. The molecule has 1 aromatic carbocycles. The Morgan fingerprint density at radius 3 is 1.87 bits per heavy atom. The van der Waals surface area contributed by atoms with Crippen LogP contribution in [0.2, 0.25) is 0 Å². The molecule has 0 aliphatic rings. The minimum atomic E-state index is -4.41. The highest BCUT2D eigenvalue weighted by Gasteiger charge is 2.42. The highest BCUT2D eigenvalue weighted by Crippen LogP contribution is 2.39. The Labute approximate surface area is 160 Å². The summed E-state index contributed by atoms with van der Waals surface area (Å²) < 4.78 is 42.8. The van der Waals surface area contributed by atoms with Crippen LogP contribution in [-0.2, 0) is 19.7 Å². The van der Waals surface area contributed by atoms with Crippen molar-refractivity contribution < 1.29 is 16.8 Å². The number of alkyl halides is 6. The Bertz CT molecular complexity index is 930. The Hall–Kier alpha value is 0.330. The molecule has 0 spiro atoms. The van der Waals surface area contributed by atoms with E-state index < -0.39 is 31.1 Å². The molecule has 0 bridgehead atoms. The molecule has 0 amide bonds. The lowest BCUT2D eigenvalue weighted by molar-refractivity contribution is 0.589. The van der Waals surface area contributed by atoms with E-state index in [1.54, 1.807) is 0 Å². The van der Waals surface area contributed by atoms with E-state index >= 15 is 0 Å². The van der Waals surface area contributed by atoms with Crippen LogP contribution in [0.1, 0.15) is 0 Å². The molecule has 0 radical (unpaired) electrons. The first-order chi connectivity index (χ1) is 10.2. The van der Waals surface area contributed by atoms with E-state index in [0.717, 1.165) is 12.1 Å². The minimum absolute atomic E-state index is 0.0353. The number of aromatic amines is 1. The van der Waals surface area contributed by atoms with Crippen LogP contribution in [0.15, 0.2) is 28.3 Å². The van der Waals surface area contributed by atoms with Crippen LogP contribution < -0.4 is 0 Å². The van der Waals surface area contributed by atoms with E-state index in [9.17, 15) is 16.8 Å². The summed E-state index contributed by atoms with van der Waals surface area (Å²) in [7, 11) is -8.71. The molecule has 6 nitrogen and oxygen atoms in total. The van der Waals surface area contributed by atoms with Gasteiger partial charge in [0.05, 0.1) is 15.9 Å². The average Bonchev–Trinajstić information content (AvgIpc) is 2.79. The van der Waals surface area contributed by atoms with E-state index in [1.165, 1.54) is 6.07 Å². The van der Waals surface area contributed by atoms with E-state index in [-0.39, 0.29) is 15.9 Å². The third-order valence-corrected chi connectivity index (χ3v) is 9.06. The first kappa shape index (κ1) is 19.7. The number of fused-ring (bicyclic) bond motifs is 1. The standard InChI is InChI=1S/C9H4Cl6N2O4S2/c10-8(11,12)22(18,19)4-1-2-5-6(3-4)17-7(16-5)23(20,21)9(13,14)15/h1-3H,(H,16,17). The molecule has 2 aromatic rings. The number of halogens is 6. The number of sulfone groups is 2. The molecule has 0 aliphatic carbocycles. The van der Waals surface area contributed by atoms with Gasteiger partial charge in [0, 0.05) is 0 Å². The molecule has 23 heavy (non-hydrogen) atoms. The Kier molecular flexibility index (Phi) is 5.08. The monoisotopic (exact) mass is 478 g/mol. The van der Waals surface area contributed by atoms with Crippen molar-refractivity contribution in [3.63, 3.8) is 0 Å². The number of benzene rings is 1. The fourth-order valence-corrected chi connectivity index (χ4v) is 4.43. The number of nitrogens with zero attached hydrogens (tertiary/aromatic N) is 1. The highest BCUT2D eigenvalue weighted by molar-refractivity contribution is 7.97. The van der Waals surface area contributed by atoms with Crippen molar-refractivity contribution in [2.45, 2.75) is 16.3 Å². The summed E-state index contributed by atoms with van der Waals surface area (Å²) in [5, 5.41) is -0.643. The molecular weight excluding hydrogens is 477 g/mol. The van der Waals surface area contributed by atoms with Crippen molar-refractivity contribution in [2.24, 2.45) is 0 Å². The maximum absolute atomic E-state index is 12.0. The topological polar surface area (TPSA) is 97.0 Å². The Morgan fingerprint density at radius 1 is 0.870 bits per heavy atom. The largest absolute Gasteiger partial charge is 0.329 e. The zero-order chi connectivity index (χ0) is 17.8. The molecule has 0 saturated heterocycles. The maximum atomic E-state index is 12.0. The van der Waals surface area contributed by atoms with Gasteiger partial charge in [-0.05, 0) is 18.2 Å². The molecule has 1 aromatic heterocycles. The third-order valence-electron chi connectivity index (χ3n) is 2.61. The summed E-state index contributed by atoms with van der Waals surface area (Å²) >= 11 is 32.4. The van der Waals surface area contributed by atoms with Gasteiger partial charge in [-0.1, -0.05) is 69.6 Å². The van der Waals surface area contributed by atoms with Crippen LogP contribution in [-0.4, -0.2) is 33.1 Å². The van der Waals surface area contributed by atoms with Gasteiger partial charge in [-0.25, -0.2) is 21.8 Å². The zero-order valence-electron chi connectivity index (χ0n) is 10.4. The Balaban J connectivity index is 2.65. The van der Waals surface area contributed by atoms with Crippen LogP contribution in [0.25, 0.3) is 11.0 Å². The summed E-state index contributed by atoms with van der Waals surface area (Å²) in [4.78, 5) is 5.75. The normalized spacial score (nSPS) is 14.3. The van der Waals surface area contributed by atoms with Gasteiger partial charge < -0.3 is 4.98 Å². The molecule has 2 rings (SSSR count). The second-order valence-electron chi connectivity index (χ2n) is 4.12. The van der Waals surface area contributed by atoms with E-state index in [1.807, 2.05) is 0 Å². The Morgan fingerprint density at radius 2 is 1.39 bits per heavy atom. The van der Waals surface area contributed by atoms with Crippen molar-refractivity contribution in [3.8, 4) is 0 Å². The van der Waals surface area contributed by atoms with Crippen LogP contribution >= 0.6 is 69.6 Å². The fourth-order valence-electron chi connectivity index (χ4n) is 1.50. The number of imidazole rings is 1. The predicted molar refractivity (Wildman–Crippen MR) is 91.0 cm³/mol. The number of nitrogens with one attached hydrogen (secondary N) is 1. The second-order valence-corrected chi connectivity index (χ2v) is 14.1. The van der Waals surface area contributed by atoms with Gasteiger partial charge in [-0.2, -0.15) is 0 Å². The van der Waals surface area contributed by atoms with E-state index in [4.69, 9.17) is 69.6 Å². The fraction of sp³-hybridized carbons (Fsp3) is 0.222. The molecule has 0 atom stereocenters. The van der Waals surface area contributed by atoms with Gasteiger partial charge in [0.15, 0.2) is 0 Å². The smallest absolute Gasteiger partial charge is 0.300 e. The summed E-state index contributed by atoms with van der Waals surface area (Å²) in [6.45, 7) is 0. The van der Waals surface area contributed by atoms with Gasteiger partial charge in [0.1, 0.15) is 0 Å². The summed E-state index contributed by atoms with van der Waals surface area (Å²) in [6.07, 6.45) is 0. The molecule has 1 heterocycles. The lowest BCUT2D eigenvalue weighted by atomic mass is 10.3. The quantitative estimate of drug-likeness (QED) is 0.660. The predicted octanol–water partition coefficient (Wildman–Crippen LogP) is 3.77. The van der Waals surface area contributed by atoms with Crippen molar-refractivity contribution in [1.29, 1.82) is 0 Å². The highest BCUT2D eigenvalue weighted by atomic mass is 35.6. The first-order valence-electron chi connectivity index (χ1n) is 5.30. The van der Waals surface area contributed by atoms with Gasteiger partial charge in [-0.15, -0.1) is 0 Å². The van der Waals surface area contributed by atoms with Gasteiger partial charge in [0.25, 0.3) is 16.1 Å². The molecule has 14 heteroatoms. The molecular formula is C9H4Cl6N2O4S2. The molecule has 128 valence electrons. The molecule has 0 unspecified atom stereocenters. The lowest BCUT2D eigenvalue weighted by Crippen LogP contribution is -2.20. The van der Waals surface area contributed by atoms with Crippen LogP contribution in [0.3, 0.4) is 0 Å². The van der Waals surface area contributed by atoms with E-state index in [2.05, 4.69) is 9.97 Å². The number of H-pyrrole nitrogens is 1. The number of rotatable bonds is 2. The zero-order valence-corrected chi connectivity index (χ0v) is 16.6. The average molecular weight is 481 g/mol.